The maximum Gasteiger partial charge on any atom is 0.217 e. The van der Waals surface area contributed by atoms with Gasteiger partial charge in [0.2, 0.25) is 5.91 Å². The Balaban J connectivity index is 1.80. The standard InChI is InChI=1S/C29H40F2N2O2/c1-4-22(5-2)23-10-9-11-24(17-23)29(12-7-6-8-13-29)32-19-28(35)27(33-20(3)34)16-21-14-25(30)18-26(31)15-21/h9-11,14-15,17-18,22,27-28,32,35H,4-8,12-13,16,19H2,1-3H3,(H,33,34). The number of aliphatic hydroxyl groups excluding tert-OH is 1. The average molecular weight is 487 g/mol. The lowest BCUT2D eigenvalue weighted by atomic mass is 9.75. The van der Waals surface area contributed by atoms with Crippen LogP contribution in [0.3, 0.4) is 0 Å². The molecule has 4 nitrogen and oxygen atoms in total. The largest absolute Gasteiger partial charge is 0.390 e. The molecule has 1 amide bonds. The predicted octanol–water partition coefficient (Wildman–Crippen LogP) is 5.73. The number of amides is 1. The van der Waals surface area contributed by atoms with Crippen LogP contribution in [0.2, 0.25) is 0 Å². The summed E-state index contributed by atoms with van der Waals surface area (Å²) in [6, 6.07) is 11.5. The van der Waals surface area contributed by atoms with Crippen molar-refractivity contribution >= 4 is 5.91 Å². The first-order valence-electron chi connectivity index (χ1n) is 13.0. The van der Waals surface area contributed by atoms with Crippen molar-refractivity contribution in [3.8, 4) is 0 Å². The minimum Gasteiger partial charge on any atom is -0.390 e. The predicted molar refractivity (Wildman–Crippen MR) is 136 cm³/mol. The van der Waals surface area contributed by atoms with Gasteiger partial charge in [-0.3, -0.25) is 4.79 Å². The Bertz CT molecular complexity index is 951. The molecule has 1 fully saturated rings. The third kappa shape index (κ3) is 7.34. The Kier molecular flexibility index (Phi) is 9.81. The molecular weight excluding hydrogens is 446 g/mol. The van der Waals surface area contributed by atoms with Crippen LogP contribution < -0.4 is 10.6 Å². The van der Waals surface area contributed by atoms with E-state index in [1.165, 1.54) is 36.6 Å². The van der Waals surface area contributed by atoms with E-state index in [0.29, 0.717) is 11.5 Å². The van der Waals surface area contributed by atoms with Crippen LogP contribution in [0, 0.1) is 11.6 Å². The van der Waals surface area contributed by atoms with Crippen molar-refractivity contribution in [1.82, 2.24) is 10.6 Å². The van der Waals surface area contributed by atoms with E-state index in [1.54, 1.807) is 0 Å². The van der Waals surface area contributed by atoms with Crippen LogP contribution in [0.5, 0.6) is 0 Å². The van der Waals surface area contributed by atoms with Gasteiger partial charge in [0.25, 0.3) is 0 Å². The highest BCUT2D eigenvalue weighted by atomic mass is 19.1. The zero-order chi connectivity index (χ0) is 25.4. The van der Waals surface area contributed by atoms with Gasteiger partial charge in [-0.1, -0.05) is 57.4 Å². The van der Waals surface area contributed by atoms with Crippen molar-refractivity contribution in [2.75, 3.05) is 6.54 Å². The Labute approximate surface area is 208 Å². The quantitative estimate of drug-likeness (QED) is 0.380. The Morgan fingerprint density at radius 2 is 1.69 bits per heavy atom. The maximum atomic E-state index is 13.7. The highest BCUT2D eigenvalue weighted by Crippen LogP contribution is 2.38. The first-order valence-corrected chi connectivity index (χ1v) is 13.0. The number of hydrogen-bond acceptors (Lipinski definition) is 3. The smallest absolute Gasteiger partial charge is 0.217 e. The molecule has 6 heteroatoms. The van der Waals surface area contributed by atoms with Gasteiger partial charge in [-0.15, -0.1) is 0 Å². The highest BCUT2D eigenvalue weighted by Gasteiger charge is 2.35. The molecule has 0 spiro atoms. The van der Waals surface area contributed by atoms with Gasteiger partial charge in [0.1, 0.15) is 11.6 Å². The molecule has 2 unspecified atom stereocenters. The highest BCUT2D eigenvalue weighted by molar-refractivity contribution is 5.73. The Morgan fingerprint density at radius 1 is 1.03 bits per heavy atom. The van der Waals surface area contributed by atoms with E-state index >= 15 is 0 Å². The van der Waals surface area contributed by atoms with Crippen LogP contribution in [0.4, 0.5) is 8.78 Å². The SMILES string of the molecule is CCC(CC)c1cccc(C2(NCC(O)C(Cc3cc(F)cc(F)c3)NC(C)=O)CCCCC2)c1. The molecule has 3 N–H and O–H groups in total. The van der Waals surface area contributed by atoms with E-state index in [4.69, 9.17) is 0 Å². The zero-order valence-electron chi connectivity index (χ0n) is 21.2. The minimum atomic E-state index is -0.925. The van der Waals surface area contributed by atoms with Gasteiger partial charge < -0.3 is 15.7 Å². The van der Waals surface area contributed by atoms with Crippen LogP contribution in [0.15, 0.2) is 42.5 Å². The zero-order valence-corrected chi connectivity index (χ0v) is 21.2. The first-order chi connectivity index (χ1) is 16.8. The second-order valence-electron chi connectivity index (χ2n) is 10.0. The van der Waals surface area contributed by atoms with E-state index in [0.717, 1.165) is 44.6 Å². The van der Waals surface area contributed by atoms with Crippen LogP contribution in [0.25, 0.3) is 0 Å². The summed E-state index contributed by atoms with van der Waals surface area (Å²) in [5, 5.41) is 17.5. The summed E-state index contributed by atoms with van der Waals surface area (Å²) < 4.78 is 27.4. The number of carbonyl (C=O) groups excluding carboxylic acids is 1. The van der Waals surface area contributed by atoms with Crippen LogP contribution in [0.1, 0.15) is 88.3 Å². The van der Waals surface area contributed by atoms with Gasteiger partial charge in [0.15, 0.2) is 0 Å². The molecule has 2 aromatic carbocycles. The van der Waals surface area contributed by atoms with E-state index in [-0.39, 0.29) is 24.4 Å². The molecule has 192 valence electrons. The molecule has 2 aromatic rings. The molecule has 0 radical (unpaired) electrons. The summed E-state index contributed by atoms with van der Waals surface area (Å²) in [6.45, 7) is 6.08. The number of rotatable bonds is 11. The van der Waals surface area contributed by atoms with Crippen molar-refractivity contribution in [2.45, 2.75) is 95.7 Å². The number of nitrogens with one attached hydrogen (secondary N) is 2. The molecule has 35 heavy (non-hydrogen) atoms. The first kappa shape index (κ1) is 27.3. The normalized spacial score (nSPS) is 17.2. The number of benzene rings is 2. The molecule has 2 atom stereocenters. The summed E-state index contributed by atoms with van der Waals surface area (Å²) in [5.74, 6) is -1.12. The molecule has 0 saturated heterocycles. The van der Waals surface area contributed by atoms with Crippen molar-refractivity contribution in [3.05, 3.63) is 70.8 Å². The van der Waals surface area contributed by atoms with E-state index in [1.807, 2.05) is 0 Å². The lowest BCUT2D eigenvalue weighted by Crippen LogP contribution is -2.53. The molecular formula is C29H40F2N2O2. The van der Waals surface area contributed by atoms with Gasteiger partial charge in [-0.05, 0) is 66.8 Å². The van der Waals surface area contributed by atoms with E-state index < -0.39 is 23.8 Å². The average Bonchev–Trinajstić information content (AvgIpc) is 2.83. The summed E-state index contributed by atoms with van der Waals surface area (Å²) in [5.41, 5.74) is 2.75. The van der Waals surface area contributed by atoms with Crippen LogP contribution >= 0.6 is 0 Å². The lowest BCUT2D eigenvalue weighted by Gasteiger charge is -2.40. The maximum absolute atomic E-state index is 13.7. The van der Waals surface area contributed by atoms with Gasteiger partial charge >= 0.3 is 0 Å². The summed E-state index contributed by atoms with van der Waals surface area (Å²) in [7, 11) is 0. The molecule has 0 bridgehead atoms. The molecule has 0 aliphatic heterocycles. The molecule has 0 heterocycles. The Hall–Kier alpha value is -2.31. The molecule has 3 rings (SSSR count). The number of halogens is 2. The van der Waals surface area contributed by atoms with Crippen molar-refractivity contribution < 1.29 is 18.7 Å². The molecule has 1 aliphatic carbocycles. The minimum absolute atomic E-state index is 0.133. The monoisotopic (exact) mass is 486 g/mol. The molecule has 1 aliphatic rings. The van der Waals surface area contributed by atoms with Gasteiger partial charge in [0, 0.05) is 25.1 Å². The fourth-order valence-corrected chi connectivity index (χ4v) is 5.54. The van der Waals surface area contributed by atoms with Crippen LogP contribution in [-0.4, -0.2) is 29.7 Å². The summed E-state index contributed by atoms with van der Waals surface area (Å²) in [6.07, 6.45) is 6.76. The van der Waals surface area contributed by atoms with Gasteiger partial charge in [-0.2, -0.15) is 0 Å². The van der Waals surface area contributed by atoms with Crippen molar-refractivity contribution in [1.29, 1.82) is 0 Å². The summed E-state index contributed by atoms with van der Waals surface area (Å²) in [4.78, 5) is 11.8. The third-order valence-corrected chi connectivity index (χ3v) is 7.48. The van der Waals surface area contributed by atoms with Gasteiger partial charge in [0.05, 0.1) is 12.1 Å². The topological polar surface area (TPSA) is 61.4 Å². The van der Waals surface area contributed by atoms with Gasteiger partial charge in [-0.25, -0.2) is 8.78 Å². The second kappa shape index (κ2) is 12.6. The van der Waals surface area contributed by atoms with E-state index in [2.05, 4.69) is 48.7 Å². The number of hydrogen-bond donors (Lipinski definition) is 3. The lowest BCUT2D eigenvalue weighted by molar-refractivity contribution is -0.120. The number of aliphatic hydroxyl groups is 1. The number of carbonyl (C=O) groups is 1. The molecule has 0 aromatic heterocycles. The summed E-state index contributed by atoms with van der Waals surface area (Å²) >= 11 is 0. The van der Waals surface area contributed by atoms with Crippen LogP contribution in [-0.2, 0) is 16.8 Å². The second-order valence-corrected chi connectivity index (χ2v) is 10.0. The molecule has 1 saturated carbocycles. The van der Waals surface area contributed by atoms with Crippen molar-refractivity contribution in [2.24, 2.45) is 0 Å². The van der Waals surface area contributed by atoms with Crippen molar-refractivity contribution in [3.63, 3.8) is 0 Å². The van der Waals surface area contributed by atoms with E-state index in [9.17, 15) is 18.7 Å². The fourth-order valence-electron chi connectivity index (χ4n) is 5.54. The Morgan fingerprint density at radius 3 is 2.29 bits per heavy atom. The fraction of sp³-hybridized carbons (Fsp3) is 0.552. The third-order valence-electron chi connectivity index (χ3n) is 7.48.